The van der Waals surface area contributed by atoms with E-state index >= 15 is 0 Å². The van der Waals surface area contributed by atoms with Gasteiger partial charge in [0, 0.05) is 44.2 Å². The van der Waals surface area contributed by atoms with E-state index < -0.39 is 0 Å². The molecule has 0 saturated carbocycles. The molecule has 29 heavy (non-hydrogen) atoms. The third-order valence-electron chi connectivity index (χ3n) is 7.14. The number of aryl methyl sites for hydroxylation is 1. The lowest BCUT2D eigenvalue weighted by molar-refractivity contribution is 0.00285. The zero-order valence-corrected chi connectivity index (χ0v) is 17.0. The standard InChI is InChI=1S/C24H29N3O2/c1-17-6-5-12-25-22(17)23(28)26-14-19-20-15-27(13-10-18-7-3-2-4-8-18)16-24(20)11-9-21(19)29-24/h2-8,12,19-21H,9-11,13-16H2,1H3,(H,26,28)/t19-,20+,21+,24+/m0/s1. The Labute approximate surface area is 172 Å². The highest BCUT2D eigenvalue weighted by Crippen LogP contribution is 2.54. The average Bonchev–Trinajstić information content (AvgIpc) is 3.40. The highest BCUT2D eigenvalue weighted by atomic mass is 16.5. The molecular formula is C24H29N3O2. The summed E-state index contributed by atoms with van der Waals surface area (Å²) in [6.45, 7) is 5.79. The summed E-state index contributed by atoms with van der Waals surface area (Å²) in [6.07, 6.45) is 5.33. The van der Waals surface area contributed by atoms with Gasteiger partial charge in [0.2, 0.25) is 0 Å². The Balaban J connectivity index is 1.21. The van der Waals surface area contributed by atoms with Crippen LogP contribution in [-0.4, -0.2) is 53.7 Å². The molecule has 1 amide bonds. The molecule has 0 unspecified atom stereocenters. The van der Waals surface area contributed by atoms with Crippen LogP contribution in [0.5, 0.6) is 0 Å². The fourth-order valence-electron chi connectivity index (χ4n) is 5.68. The number of hydrogen-bond acceptors (Lipinski definition) is 4. The molecule has 1 aromatic carbocycles. The third-order valence-corrected chi connectivity index (χ3v) is 7.14. The second-order valence-corrected chi connectivity index (χ2v) is 8.88. The largest absolute Gasteiger partial charge is 0.370 e. The van der Waals surface area contributed by atoms with Crippen molar-refractivity contribution in [2.75, 3.05) is 26.2 Å². The molecule has 1 N–H and O–H groups in total. The van der Waals surface area contributed by atoms with Gasteiger partial charge in [0.15, 0.2) is 0 Å². The van der Waals surface area contributed by atoms with Crippen LogP contribution in [0.4, 0.5) is 0 Å². The average molecular weight is 392 g/mol. The number of pyridine rings is 1. The summed E-state index contributed by atoms with van der Waals surface area (Å²) in [5, 5.41) is 3.15. The van der Waals surface area contributed by atoms with E-state index in [-0.39, 0.29) is 11.5 Å². The van der Waals surface area contributed by atoms with Crippen LogP contribution < -0.4 is 5.32 Å². The summed E-state index contributed by atoms with van der Waals surface area (Å²) in [5.74, 6) is 0.847. The Kier molecular flexibility index (Phi) is 4.88. The molecule has 5 nitrogen and oxygen atoms in total. The van der Waals surface area contributed by atoms with E-state index in [9.17, 15) is 4.79 Å². The monoisotopic (exact) mass is 391 g/mol. The van der Waals surface area contributed by atoms with Crippen molar-refractivity contribution in [3.8, 4) is 0 Å². The van der Waals surface area contributed by atoms with Crippen molar-refractivity contribution < 1.29 is 9.53 Å². The van der Waals surface area contributed by atoms with Crippen LogP contribution in [0.1, 0.15) is 34.5 Å². The fraction of sp³-hybridized carbons (Fsp3) is 0.500. The third kappa shape index (κ3) is 3.47. The molecule has 3 aliphatic heterocycles. The van der Waals surface area contributed by atoms with Gasteiger partial charge in [0.25, 0.3) is 5.91 Å². The number of ether oxygens (including phenoxy) is 1. The van der Waals surface area contributed by atoms with Crippen molar-refractivity contribution in [1.82, 2.24) is 15.2 Å². The van der Waals surface area contributed by atoms with Gasteiger partial charge in [0.1, 0.15) is 5.69 Å². The highest BCUT2D eigenvalue weighted by Gasteiger charge is 2.62. The number of hydrogen-bond donors (Lipinski definition) is 1. The maximum absolute atomic E-state index is 12.6. The Morgan fingerprint density at radius 1 is 1.28 bits per heavy atom. The van der Waals surface area contributed by atoms with Gasteiger partial charge in [-0.2, -0.15) is 0 Å². The van der Waals surface area contributed by atoms with Crippen molar-refractivity contribution >= 4 is 5.91 Å². The molecule has 4 atom stereocenters. The molecule has 2 bridgehead atoms. The smallest absolute Gasteiger partial charge is 0.270 e. The van der Waals surface area contributed by atoms with Crippen LogP contribution in [0.15, 0.2) is 48.7 Å². The first kappa shape index (κ1) is 18.8. The normalized spacial score (nSPS) is 30.4. The summed E-state index contributed by atoms with van der Waals surface area (Å²) in [4.78, 5) is 19.4. The number of benzene rings is 1. The molecular weight excluding hydrogens is 362 g/mol. The van der Waals surface area contributed by atoms with Crippen LogP contribution >= 0.6 is 0 Å². The number of fused-ring (bicyclic) bond motifs is 1. The zero-order chi connectivity index (χ0) is 19.8. The van der Waals surface area contributed by atoms with Gasteiger partial charge in [-0.05, 0) is 43.4 Å². The molecule has 152 valence electrons. The first-order chi connectivity index (χ1) is 14.1. The Morgan fingerprint density at radius 2 is 2.14 bits per heavy atom. The van der Waals surface area contributed by atoms with Gasteiger partial charge in [0.05, 0.1) is 11.7 Å². The van der Waals surface area contributed by atoms with Gasteiger partial charge < -0.3 is 10.1 Å². The van der Waals surface area contributed by atoms with E-state index in [1.165, 1.54) is 5.56 Å². The predicted molar refractivity (Wildman–Crippen MR) is 112 cm³/mol. The van der Waals surface area contributed by atoms with E-state index in [1.54, 1.807) is 6.20 Å². The van der Waals surface area contributed by atoms with Gasteiger partial charge in [-0.25, -0.2) is 0 Å². The van der Waals surface area contributed by atoms with Crippen LogP contribution in [0.25, 0.3) is 0 Å². The highest BCUT2D eigenvalue weighted by molar-refractivity contribution is 5.93. The summed E-state index contributed by atoms with van der Waals surface area (Å²) in [7, 11) is 0. The van der Waals surface area contributed by atoms with Crippen LogP contribution in [0.3, 0.4) is 0 Å². The van der Waals surface area contributed by atoms with Crippen LogP contribution in [0.2, 0.25) is 0 Å². The molecule has 5 rings (SSSR count). The maximum Gasteiger partial charge on any atom is 0.270 e. The molecule has 3 fully saturated rings. The minimum absolute atomic E-state index is 0.0116. The predicted octanol–water partition coefficient (Wildman–Crippen LogP) is 2.84. The van der Waals surface area contributed by atoms with Gasteiger partial charge >= 0.3 is 0 Å². The molecule has 0 aliphatic carbocycles. The molecule has 2 aromatic rings. The molecule has 0 radical (unpaired) electrons. The number of amides is 1. The minimum atomic E-state index is -0.0705. The molecule has 1 spiro atoms. The number of aromatic nitrogens is 1. The lowest BCUT2D eigenvalue weighted by atomic mass is 9.73. The lowest BCUT2D eigenvalue weighted by Gasteiger charge is -2.29. The maximum atomic E-state index is 12.6. The second kappa shape index (κ2) is 7.54. The summed E-state index contributed by atoms with van der Waals surface area (Å²) in [6, 6.07) is 14.5. The van der Waals surface area contributed by atoms with Gasteiger partial charge in [-0.3, -0.25) is 14.7 Å². The Hall–Kier alpha value is -2.24. The number of nitrogens with zero attached hydrogens (tertiary/aromatic N) is 2. The van der Waals surface area contributed by atoms with Gasteiger partial charge in [-0.15, -0.1) is 0 Å². The fourth-order valence-corrected chi connectivity index (χ4v) is 5.68. The number of likely N-dealkylation sites (tertiary alicyclic amines) is 1. The number of carbonyl (C=O) groups is 1. The van der Waals surface area contributed by atoms with Crippen molar-refractivity contribution in [2.24, 2.45) is 11.8 Å². The summed E-state index contributed by atoms with van der Waals surface area (Å²) >= 11 is 0. The molecule has 5 heteroatoms. The number of nitrogens with one attached hydrogen (secondary N) is 1. The van der Waals surface area contributed by atoms with E-state index in [4.69, 9.17) is 4.74 Å². The van der Waals surface area contributed by atoms with E-state index in [0.29, 0.717) is 30.2 Å². The van der Waals surface area contributed by atoms with Crippen molar-refractivity contribution in [3.63, 3.8) is 0 Å². The lowest BCUT2D eigenvalue weighted by Crippen LogP contribution is -2.42. The molecule has 1 aromatic heterocycles. The minimum Gasteiger partial charge on any atom is -0.370 e. The molecule has 3 saturated heterocycles. The summed E-state index contributed by atoms with van der Waals surface area (Å²) < 4.78 is 6.53. The SMILES string of the molecule is Cc1cccnc1C(=O)NC[C@H]1[C@H]2CN(CCc3ccccc3)C[C@]23CC[C@H]1O3. The number of rotatable bonds is 6. The molecule has 4 heterocycles. The second-order valence-electron chi connectivity index (χ2n) is 8.88. The zero-order valence-electron chi connectivity index (χ0n) is 17.0. The topological polar surface area (TPSA) is 54.5 Å². The van der Waals surface area contributed by atoms with Crippen LogP contribution in [-0.2, 0) is 11.2 Å². The number of carbonyl (C=O) groups excluding carboxylic acids is 1. The van der Waals surface area contributed by atoms with E-state index in [2.05, 4.69) is 45.5 Å². The van der Waals surface area contributed by atoms with E-state index in [0.717, 1.165) is 44.5 Å². The van der Waals surface area contributed by atoms with Crippen molar-refractivity contribution in [1.29, 1.82) is 0 Å². The Morgan fingerprint density at radius 3 is 2.97 bits per heavy atom. The van der Waals surface area contributed by atoms with E-state index in [1.807, 2.05) is 19.1 Å². The first-order valence-electron chi connectivity index (χ1n) is 10.8. The van der Waals surface area contributed by atoms with Crippen LogP contribution in [0, 0.1) is 18.8 Å². The molecule has 3 aliphatic rings. The first-order valence-corrected chi connectivity index (χ1v) is 10.8. The van der Waals surface area contributed by atoms with Gasteiger partial charge in [-0.1, -0.05) is 36.4 Å². The quantitative estimate of drug-likeness (QED) is 0.823. The van der Waals surface area contributed by atoms with Crippen molar-refractivity contribution in [3.05, 3.63) is 65.5 Å². The Bertz CT molecular complexity index is 887. The summed E-state index contributed by atoms with van der Waals surface area (Å²) in [5.41, 5.74) is 2.85. The van der Waals surface area contributed by atoms with Crippen molar-refractivity contribution in [2.45, 2.75) is 37.9 Å².